The normalized spacial score (nSPS) is 10.0. The van der Waals surface area contributed by atoms with E-state index in [1.54, 1.807) is 71.7 Å². The molecular weight excluding hydrogens is 1280 g/mol. The summed E-state index contributed by atoms with van der Waals surface area (Å²) in [6.45, 7) is 35.2. The second-order valence-electron chi connectivity index (χ2n) is 18.4. The van der Waals surface area contributed by atoms with Crippen molar-refractivity contribution in [3.8, 4) is 0 Å². The molecule has 20 nitrogen and oxygen atoms in total. The molecule has 0 aromatic rings. The first-order valence-corrected chi connectivity index (χ1v) is 21.7. The van der Waals surface area contributed by atoms with Crippen molar-refractivity contribution in [1.29, 1.82) is 0 Å². The molecule has 0 aromatic heterocycles. The Kier molecular flexibility index (Phi) is 67.8. The minimum Gasteiger partial charge on any atom is -1.00 e. The average Bonchev–Trinajstić information content (AvgIpc) is 3.20. The van der Waals surface area contributed by atoms with Crippen LogP contribution >= 0.6 is 0 Å². The van der Waals surface area contributed by atoms with E-state index in [0.717, 1.165) is 6.92 Å². The van der Waals surface area contributed by atoms with E-state index in [-0.39, 0.29) is 197 Å². The van der Waals surface area contributed by atoms with Crippen LogP contribution < -0.4 is 17.2 Å². The first kappa shape index (κ1) is 99.3. The maximum Gasteiger partial charge on any atom is 2.00 e. The number of hydrogen-bond donors (Lipinski definition) is 4. The number of carboxylic acids is 1. The van der Waals surface area contributed by atoms with Gasteiger partial charge in [-0.2, -0.15) is 0 Å². The van der Waals surface area contributed by atoms with Crippen LogP contribution in [0.25, 0.3) is 0 Å². The number of nitrogens with zero attached hydrogens (tertiary/aromatic N) is 7. The zero-order valence-electron chi connectivity index (χ0n) is 57.1. The fourth-order valence-corrected chi connectivity index (χ4v) is 4.82. The Hall–Kier alpha value is 0.314. The first-order valence-electron chi connectivity index (χ1n) is 21.7. The molecule has 0 unspecified atom stereocenters. The van der Waals surface area contributed by atoms with Gasteiger partial charge in [-0.3, -0.25) is 38.4 Å². The molecule has 0 fully saturated rings. The van der Waals surface area contributed by atoms with Crippen LogP contribution in [0.1, 0.15) is 147 Å². The molecule has 0 atom stereocenters. The van der Waals surface area contributed by atoms with Gasteiger partial charge in [0.25, 0.3) is 5.97 Å². The Bertz CT molecular complexity index is 1260. The number of rotatable bonds is 9. The van der Waals surface area contributed by atoms with Crippen molar-refractivity contribution in [3.05, 3.63) is 0 Å². The molecule has 23 heteroatoms. The summed E-state index contributed by atoms with van der Waals surface area (Å²) >= 11 is 0. The summed E-state index contributed by atoms with van der Waals surface area (Å²) in [5.74, 6) is -1.11. The summed E-state index contributed by atoms with van der Waals surface area (Å²) in [5, 5.41) is 7.42. The summed E-state index contributed by atoms with van der Waals surface area (Å²) in [4.78, 5) is 99.3. The molecule has 0 aliphatic heterocycles. The number of ether oxygens (including phenoxy) is 1. The molecule has 0 radical (unpaired) electrons. The van der Waals surface area contributed by atoms with Crippen LogP contribution in [0.3, 0.4) is 0 Å². The number of carboxylic acid groups (broad SMARTS) is 1. The van der Waals surface area contributed by atoms with Gasteiger partial charge in [0, 0.05) is 97.7 Å². The number of likely N-dealkylation sites (N-methyl/N-ethyl adjacent to an activating group) is 6. The largest absolute Gasteiger partial charge is 2.00 e. The van der Waals surface area contributed by atoms with Gasteiger partial charge < -0.3 is 69.9 Å². The predicted molar refractivity (Wildman–Crippen MR) is 300 cm³/mol. The summed E-state index contributed by atoms with van der Waals surface area (Å²) in [5.41, 5.74) is 10.9. The summed E-state index contributed by atoms with van der Waals surface area (Å²) in [6.07, 6.45) is 0. The zero-order chi connectivity index (χ0) is 57.4. The Labute approximate surface area is 558 Å². The molecule has 0 rings (SSSR count). The van der Waals surface area contributed by atoms with Crippen LogP contribution in [0.5, 0.6) is 0 Å². The number of amides is 6. The van der Waals surface area contributed by atoms with E-state index in [0.29, 0.717) is 0 Å². The second-order valence-corrected chi connectivity index (χ2v) is 18.4. The number of aliphatic carboxylic acids is 1. The minimum atomic E-state index is -0.833. The molecule has 0 saturated heterocycles. The van der Waals surface area contributed by atoms with Crippen molar-refractivity contribution >= 4 is 194 Å². The second kappa shape index (κ2) is 47.7. The monoisotopic (exact) mass is 1390 g/mol. The third-order valence-electron chi connectivity index (χ3n) is 12.6. The van der Waals surface area contributed by atoms with E-state index >= 15 is 0 Å². The van der Waals surface area contributed by atoms with Crippen LogP contribution in [0.2, 0.25) is 0 Å². The van der Waals surface area contributed by atoms with Crippen LogP contribution in [-0.2, 0) is 43.1 Å². The molecule has 0 aliphatic rings. The number of hydrogen-bond acceptors (Lipinski definition) is 13. The molecule has 0 aliphatic carbocycles. The number of esters is 1. The predicted octanol–water partition coefficient (Wildman–Crippen LogP) is 3.21. The van der Waals surface area contributed by atoms with Crippen LogP contribution in [0.4, 0.5) is 0 Å². The van der Waals surface area contributed by atoms with E-state index in [9.17, 15) is 33.6 Å². The molecule has 0 aromatic carbocycles. The van der Waals surface area contributed by atoms with Crippen molar-refractivity contribution in [2.24, 2.45) is 17.2 Å². The van der Waals surface area contributed by atoms with Crippen molar-refractivity contribution < 1.29 is 56.8 Å². The minimum absolute atomic E-state index is 0. The van der Waals surface area contributed by atoms with E-state index < -0.39 is 39.2 Å². The van der Waals surface area contributed by atoms with Gasteiger partial charge in [-0.15, -0.1) is 0 Å². The van der Waals surface area contributed by atoms with Crippen molar-refractivity contribution in [2.75, 3.05) is 91.7 Å². The fraction of sp³-hybridized carbons (Fsp3) is 0.830. The van der Waals surface area contributed by atoms with Crippen molar-refractivity contribution in [3.63, 3.8) is 0 Å². The van der Waals surface area contributed by atoms with Gasteiger partial charge in [-0.1, -0.05) is 0 Å². The van der Waals surface area contributed by atoms with E-state index in [1.807, 2.05) is 109 Å². The molecule has 0 heterocycles. The van der Waals surface area contributed by atoms with Crippen LogP contribution in [0.15, 0.2) is 0 Å². The van der Waals surface area contributed by atoms with Crippen LogP contribution in [0, 0.1) is 0 Å². The maximum absolute atomic E-state index is 11.5. The van der Waals surface area contributed by atoms with Gasteiger partial charge in [0.05, 0.1) is 40.3 Å². The van der Waals surface area contributed by atoms with Crippen molar-refractivity contribution in [2.45, 2.75) is 172 Å². The van der Waals surface area contributed by atoms with E-state index in [1.165, 1.54) is 76.7 Å². The number of carbonyl (C=O) groups excluding carboxylic acids is 7. The first-order chi connectivity index (χ1) is 29.6. The smallest absolute Gasteiger partial charge is 1.00 e. The quantitative estimate of drug-likeness (QED) is 0.191. The summed E-state index contributed by atoms with van der Waals surface area (Å²) in [7, 11) is 22.4. The molecule has 0 saturated carbocycles. The van der Waals surface area contributed by atoms with Gasteiger partial charge >= 0.3 is 153 Å². The standard InChI is InChI=1S/3C12H24N2O2.C3H9N.C3H6O2.C2H4O2.3CH5N.3Ba.6H/c3*1-9(15)13(7)11(3,4)12(5,6)14(8)10(2)16;1-4(2)3;1-3(4)5-2;1-2(3)4;3*1-2;;;;;;;;;/h3*1-8H3;1-3H3;1-2H3;1H3,(H,3,4);3*2H2,1H3;;;;;;;;;/q;;;;;;;;;3*+2;6*-1. The van der Waals surface area contributed by atoms with Gasteiger partial charge in [0.2, 0.25) is 35.4 Å². The van der Waals surface area contributed by atoms with Gasteiger partial charge in [-0.05, 0) is 125 Å². The Morgan fingerprint density at radius 2 is 0.400 bits per heavy atom. The Balaban J connectivity index is -0.0000000337. The fourth-order valence-electron chi connectivity index (χ4n) is 4.82. The average molecular weight is 1390 g/mol. The van der Waals surface area contributed by atoms with Gasteiger partial charge in [-0.25, -0.2) is 0 Å². The third kappa shape index (κ3) is 38.8. The molecule has 70 heavy (non-hydrogen) atoms. The molecule has 7 N–H and O–H groups in total. The summed E-state index contributed by atoms with van der Waals surface area (Å²) in [6, 6.07) is 0. The van der Waals surface area contributed by atoms with Gasteiger partial charge in [0.1, 0.15) is 0 Å². The van der Waals surface area contributed by atoms with Gasteiger partial charge in [0.15, 0.2) is 0 Å². The Morgan fingerprint density at radius 3 is 0.429 bits per heavy atom. The molecule has 0 spiro atoms. The van der Waals surface area contributed by atoms with Crippen molar-refractivity contribution in [1.82, 2.24) is 34.3 Å². The van der Waals surface area contributed by atoms with E-state index in [2.05, 4.69) is 21.9 Å². The molecular formula is C47H112Ba3N10O10. The topological polar surface area (TPSA) is 267 Å². The Morgan fingerprint density at radius 1 is 0.343 bits per heavy atom. The third-order valence-corrected chi connectivity index (χ3v) is 12.6. The zero-order valence-corrected chi connectivity index (χ0v) is 64.4. The molecule has 6 amide bonds. The SMILES string of the molecule is CC(=O)N(C)C(C)(C)C(C)(C)N(C)C(C)=O.CC(=O)N(C)C(C)(C)C(C)(C)N(C)C(C)=O.CC(=O)N(C)C(C)(C)C(C)(C)N(C)C(C)=O.CC(=O)O.CN.CN.CN.CN(C)C.COC(C)=O.[Ba+2].[Ba+2].[Ba+2].[H-].[H-].[H-].[H-].[H-].[H-]. The maximum atomic E-state index is 11.5. The number of nitrogens with two attached hydrogens (primary N) is 3. The summed E-state index contributed by atoms with van der Waals surface area (Å²) < 4.78 is 4.11. The van der Waals surface area contributed by atoms with E-state index in [4.69, 9.17) is 9.90 Å². The molecule has 416 valence electrons. The number of methoxy groups -OCH3 is 1. The number of carbonyl (C=O) groups is 8. The molecule has 0 bridgehead atoms. The van der Waals surface area contributed by atoms with Crippen LogP contribution in [-0.4, -0.2) is 358 Å².